The number of rotatable bonds is 2. The summed E-state index contributed by atoms with van der Waals surface area (Å²) in [4.78, 5) is 14.6. The van der Waals surface area contributed by atoms with E-state index in [2.05, 4.69) is 11.4 Å². The number of carbonyl (C=O) groups is 1. The van der Waals surface area contributed by atoms with Gasteiger partial charge in [-0.2, -0.15) is 0 Å². The Hall–Kier alpha value is -0.770. The Morgan fingerprint density at radius 2 is 2.15 bits per heavy atom. The first-order valence-corrected chi connectivity index (χ1v) is 7.40. The van der Waals surface area contributed by atoms with Crippen molar-refractivity contribution in [2.75, 3.05) is 19.6 Å². The minimum absolute atomic E-state index is 0. The average Bonchev–Trinajstić information content (AvgIpc) is 2.37. The van der Waals surface area contributed by atoms with Gasteiger partial charge in [0, 0.05) is 30.6 Å². The highest BCUT2D eigenvalue weighted by molar-refractivity contribution is 6.30. The predicted molar refractivity (Wildman–Crippen MR) is 83.4 cm³/mol. The lowest BCUT2D eigenvalue weighted by molar-refractivity contribution is -0.141. The highest BCUT2D eigenvalue weighted by atomic mass is 35.5. The first kappa shape index (κ1) is 15.6. The molecule has 3 nitrogen and oxygen atoms in total. The van der Waals surface area contributed by atoms with Crippen molar-refractivity contribution in [2.45, 2.75) is 25.3 Å². The molecule has 0 bridgehead atoms. The largest absolute Gasteiger partial charge is 0.333 e. The fourth-order valence-electron chi connectivity index (χ4n) is 2.87. The van der Waals surface area contributed by atoms with E-state index in [1.54, 1.807) is 0 Å². The summed E-state index contributed by atoms with van der Waals surface area (Å²) < 4.78 is 0. The average molecular weight is 315 g/mol. The number of amides is 1. The SMILES string of the molecule is Cl.O=C(C1CCC1)N1CCNCC1c1cccc(Cl)c1. The maximum absolute atomic E-state index is 12.5. The van der Waals surface area contributed by atoms with Crippen LogP contribution in [-0.2, 0) is 4.79 Å². The Kier molecular flexibility index (Phi) is 5.30. The fraction of sp³-hybridized carbons (Fsp3) is 0.533. The Labute approximate surface area is 131 Å². The number of halogens is 2. The van der Waals surface area contributed by atoms with Gasteiger partial charge in [0.2, 0.25) is 5.91 Å². The minimum atomic E-state index is 0. The Morgan fingerprint density at radius 3 is 2.80 bits per heavy atom. The van der Waals surface area contributed by atoms with E-state index >= 15 is 0 Å². The van der Waals surface area contributed by atoms with E-state index < -0.39 is 0 Å². The van der Waals surface area contributed by atoms with Gasteiger partial charge in [0.15, 0.2) is 0 Å². The van der Waals surface area contributed by atoms with Crippen LogP contribution in [0.25, 0.3) is 0 Å². The molecule has 20 heavy (non-hydrogen) atoms. The van der Waals surface area contributed by atoms with Gasteiger partial charge in [-0.25, -0.2) is 0 Å². The van der Waals surface area contributed by atoms with E-state index in [0.29, 0.717) is 5.91 Å². The van der Waals surface area contributed by atoms with E-state index in [1.807, 2.05) is 23.1 Å². The Balaban J connectivity index is 0.00000147. The van der Waals surface area contributed by atoms with Crippen molar-refractivity contribution in [3.05, 3.63) is 34.9 Å². The van der Waals surface area contributed by atoms with Gasteiger partial charge < -0.3 is 10.2 Å². The first-order chi connectivity index (χ1) is 9.25. The molecule has 1 saturated heterocycles. The number of carbonyl (C=O) groups excluding carboxylic acids is 1. The van der Waals surface area contributed by atoms with Crippen molar-refractivity contribution >= 4 is 29.9 Å². The van der Waals surface area contributed by atoms with Gasteiger partial charge in [-0.15, -0.1) is 12.4 Å². The molecule has 1 amide bonds. The second-order valence-electron chi connectivity index (χ2n) is 5.43. The summed E-state index contributed by atoms with van der Waals surface area (Å²) in [5.74, 6) is 0.595. The third kappa shape index (κ3) is 3.11. The molecular weight excluding hydrogens is 295 g/mol. The zero-order chi connectivity index (χ0) is 13.2. The van der Waals surface area contributed by atoms with Crippen LogP contribution in [0.15, 0.2) is 24.3 Å². The van der Waals surface area contributed by atoms with Crippen LogP contribution in [0.5, 0.6) is 0 Å². The van der Waals surface area contributed by atoms with Gasteiger partial charge in [-0.3, -0.25) is 4.79 Å². The molecule has 5 heteroatoms. The Bertz CT molecular complexity index is 477. The first-order valence-electron chi connectivity index (χ1n) is 7.02. The van der Waals surface area contributed by atoms with Gasteiger partial charge >= 0.3 is 0 Å². The van der Waals surface area contributed by atoms with Crippen LogP contribution >= 0.6 is 24.0 Å². The predicted octanol–water partition coefficient (Wildman–Crippen LogP) is 3.03. The second kappa shape index (κ2) is 6.79. The minimum Gasteiger partial charge on any atom is -0.333 e. The van der Waals surface area contributed by atoms with Crippen LogP contribution < -0.4 is 5.32 Å². The van der Waals surface area contributed by atoms with E-state index in [4.69, 9.17) is 11.6 Å². The number of nitrogens with one attached hydrogen (secondary N) is 1. The van der Waals surface area contributed by atoms with Gasteiger partial charge in [0.05, 0.1) is 6.04 Å². The lowest BCUT2D eigenvalue weighted by Gasteiger charge is -2.40. The normalized spacial score (nSPS) is 22.9. The van der Waals surface area contributed by atoms with E-state index in [-0.39, 0.29) is 24.4 Å². The zero-order valence-electron chi connectivity index (χ0n) is 11.3. The molecule has 3 rings (SSSR count). The molecule has 1 aliphatic heterocycles. The molecule has 1 aromatic carbocycles. The van der Waals surface area contributed by atoms with Crippen molar-refractivity contribution < 1.29 is 4.79 Å². The van der Waals surface area contributed by atoms with Crippen molar-refractivity contribution in [2.24, 2.45) is 5.92 Å². The second-order valence-corrected chi connectivity index (χ2v) is 5.87. The van der Waals surface area contributed by atoms with E-state index in [0.717, 1.165) is 43.1 Å². The smallest absolute Gasteiger partial charge is 0.226 e. The summed E-state index contributed by atoms with van der Waals surface area (Å²) in [7, 11) is 0. The third-order valence-electron chi connectivity index (χ3n) is 4.21. The molecule has 1 atom stereocenters. The van der Waals surface area contributed by atoms with Crippen LogP contribution in [0, 0.1) is 5.92 Å². The molecule has 0 radical (unpaired) electrons. The number of piperazine rings is 1. The molecule has 1 aromatic rings. The highest BCUT2D eigenvalue weighted by Crippen LogP contribution is 2.32. The summed E-state index contributed by atoms with van der Waals surface area (Å²) in [6, 6.07) is 7.99. The Morgan fingerprint density at radius 1 is 1.35 bits per heavy atom. The lowest BCUT2D eigenvalue weighted by atomic mass is 9.83. The molecule has 0 spiro atoms. The number of benzene rings is 1. The van der Waals surface area contributed by atoms with Crippen molar-refractivity contribution in [1.29, 1.82) is 0 Å². The molecule has 1 heterocycles. The number of hydrogen-bond donors (Lipinski definition) is 1. The van der Waals surface area contributed by atoms with Crippen molar-refractivity contribution in [3.8, 4) is 0 Å². The molecular formula is C15H20Cl2N2O. The molecule has 110 valence electrons. The zero-order valence-corrected chi connectivity index (χ0v) is 12.9. The van der Waals surface area contributed by atoms with Crippen LogP contribution in [0.3, 0.4) is 0 Å². The summed E-state index contributed by atoms with van der Waals surface area (Å²) in [6.07, 6.45) is 3.32. The van der Waals surface area contributed by atoms with Crippen molar-refractivity contribution in [3.63, 3.8) is 0 Å². The maximum atomic E-state index is 12.5. The van der Waals surface area contributed by atoms with E-state index in [1.165, 1.54) is 6.42 Å². The monoisotopic (exact) mass is 314 g/mol. The number of hydrogen-bond acceptors (Lipinski definition) is 2. The van der Waals surface area contributed by atoms with Gasteiger partial charge in [-0.05, 0) is 30.5 Å². The van der Waals surface area contributed by atoms with E-state index in [9.17, 15) is 4.79 Å². The number of nitrogens with zero attached hydrogens (tertiary/aromatic N) is 1. The molecule has 1 N–H and O–H groups in total. The topological polar surface area (TPSA) is 32.3 Å². The van der Waals surface area contributed by atoms with Crippen LogP contribution in [-0.4, -0.2) is 30.4 Å². The van der Waals surface area contributed by atoms with Crippen molar-refractivity contribution in [1.82, 2.24) is 10.2 Å². The van der Waals surface area contributed by atoms with Gasteiger partial charge in [0.1, 0.15) is 0 Å². The molecule has 1 saturated carbocycles. The molecule has 2 aliphatic rings. The molecule has 1 aliphatic carbocycles. The van der Waals surface area contributed by atoms with Gasteiger partial charge in [-0.1, -0.05) is 30.2 Å². The standard InChI is InChI=1S/C15H19ClN2O.ClH/c16-13-6-2-5-12(9-13)14-10-17-7-8-18(14)15(19)11-3-1-4-11;/h2,5-6,9,11,14,17H,1,3-4,7-8,10H2;1H. The van der Waals surface area contributed by atoms with Gasteiger partial charge in [0.25, 0.3) is 0 Å². The summed E-state index contributed by atoms with van der Waals surface area (Å²) in [5, 5.41) is 4.11. The summed E-state index contributed by atoms with van der Waals surface area (Å²) in [6.45, 7) is 2.50. The van der Waals surface area contributed by atoms with Crippen LogP contribution in [0.2, 0.25) is 5.02 Å². The highest BCUT2D eigenvalue weighted by Gasteiger charge is 2.34. The molecule has 2 fully saturated rings. The lowest BCUT2D eigenvalue weighted by Crippen LogP contribution is -2.51. The fourth-order valence-corrected chi connectivity index (χ4v) is 3.07. The third-order valence-corrected chi connectivity index (χ3v) is 4.45. The summed E-state index contributed by atoms with van der Waals surface area (Å²) in [5.41, 5.74) is 1.13. The molecule has 1 unspecified atom stereocenters. The molecule has 0 aromatic heterocycles. The quantitative estimate of drug-likeness (QED) is 0.910. The van der Waals surface area contributed by atoms with Crippen LogP contribution in [0.1, 0.15) is 30.9 Å². The maximum Gasteiger partial charge on any atom is 0.226 e. The van der Waals surface area contributed by atoms with Crippen LogP contribution in [0.4, 0.5) is 0 Å². The summed E-state index contributed by atoms with van der Waals surface area (Å²) >= 11 is 6.07.